The Balaban J connectivity index is 2.48. The van der Waals surface area contributed by atoms with Crippen LogP contribution in [0.5, 0.6) is 0 Å². The zero-order valence-electron chi connectivity index (χ0n) is 14.3. The first-order valence-electron chi connectivity index (χ1n) is 7.89. The van der Waals surface area contributed by atoms with E-state index in [4.69, 9.17) is 9.47 Å². The van der Waals surface area contributed by atoms with Crippen LogP contribution >= 0.6 is 0 Å². The molecule has 1 fully saturated rings. The van der Waals surface area contributed by atoms with Gasteiger partial charge < -0.3 is 19.9 Å². The van der Waals surface area contributed by atoms with Crippen molar-refractivity contribution in [2.45, 2.75) is 33.1 Å². The van der Waals surface area contributed by atoms with Gasteiger partial charge in [-0.1, -0.05) is 0 Å². The molecule has 1 saturated carbocycles. The topological polar surface area (TPSA) is 102 Å². The fourth-order valence-corrected chi connectivity index (χ4v) is 3.82. The van der Waals surface area contributed by atoms with Crippen LogP contribution in [0.4, 0.5) is 0 Å². The van der Waals surface area contributed by atoms with Gasteiger partial charge in [-0.05, 0) is 39.0 Å². The lowest BCUT2D eigenvalue weighted by atomic mass is 9.75. The van der Waals surface area contributed by atoms with Crippen LogP contribution < -0.4 is 5.32 Å². The molecule has 2 atom stereocenters. The fourth-order valence-electron chi connectivity index (χ4n) is 3.82. The maximum atomic E-state index is 12.3. The number of nitrogens with one attached hydrogen (secondary N) is 1. The van der Waals surface area contributed by atoms with Crippen LogP contribution in [0, 0.1) is 17.8 Å². The quantitative estimate of drug-likeness (QED) is 0.751. The van der Waals surface area contributed by atoms with Crippen molar-refractivity contribution in [3.63, 3.8) is 0 Å². The van der Waals surface area contributed by atoms with Crippen LogP contribution in [-0.4, -0.2) is 37.2 Å². The lowest BCUT2D eigenvalue weighted by molar-refractivity contribution is -0.141. The summed E-state index contributed by atoms with van der Waals surface area (Å²) in [5.41, 5.74) is 1.99. The molecule has 0 unspecified atom stereocenters. The van der Waals surface area contributed by atoms with Gasteiger partial charge in [-0.2, -0.15) is 0 Å². The van der Waals surface area contributed by atoms with Gasteiger partial charge in [-0.25, -0.2) is 9.59 Å². The summed E-state index contributed by atoms with van der Waals surface area (Å²) in [5, 5.41) is 12.3. The van der Waals surface area contributed by atoms with Crippen LogP contribution in [0.25, 0.3) is 0 Å². The Morgan fingerprint density at radius 1 is 1.00 bits per heavy atom. The third-order valence-corrected chi connectivity index (χ3v) is 4.91. The molecule has 1 aliphatic heterocycles. The maximum absolute atomic E-state index is 12.3. The molecule has 132 valence electrons. The summed E-state index contributed by atoms with van der Waals surface area (Å²) in [4.78, 5) is 35.9. The average molecular weight is 337 g/mol. The summed E-state index contributed by atoms with van der Waals surface area (Å²) in [6.07, 6.45) is 1.58. The van der Waals surface area contributed by atoms with E-state index >= 15 is 0 Å². The monoisotopic (exact) mass is 337 g/mol. The van der Waals surface area contributed by atoms with Crippen LogP contribution in [0.15, 0.2) is 22.5 Å². The SMILES string of the molecule is COC(=O)C1=C(C)NC(C)=C(C(=O)OC)C1[C@H]1CC[C@@H](C(=O)O)C1. The molecule has 0 bridgehead atoms. The van der Waals surface area contributed by atoms with Crippen molar-refractivity contribution in [2.24, 2.45) is 17.8 Å². The van der Waals surface area contributed by atoms with Crippen molar-refractivity contribution in [1.82, 2.24) is 5.32 Å². The van der Waals surface area contributed by atoms with Gasteiger partial charge in [0.1, 0.15) is 0 Å². The van der Waals surface area contributed by atoms with Gasteiger partial charge in [0.2, 0.25) is 0 Å². The highest BCUT2D eigenvalue weighted by atomic mass is 16.5. The predicted octanol–water partition coefficient (Wildman–Crippen LogP) is 1.60. The van der Waals surface area contributed by atoms with Gasteiger partial charge in [0.05, 0.1) is 31.3 Å². The Hall–Kier alpha value is -2.31. The van der Waals surface area contributed by atoms with E-state index in [9.17, 15) is 19.5 Å². The predicted molar refractivity (Wildman–Crippen MR) is 84.5 cm³/mol. The third kappa shape index (κ3) is 3.16. The number of carbonyl (C=O) groups is 3. The Kier molecular flexibility index (Phi) is 5.31. The lowest BCUT2D eigenvalue weighted by Gasteiger charge is -2.33. The van der Waals surface area contributed by atoms with E-state index in [1.54, 1.807) is 13.8 Å². The first-order chi connectivity index (χ1) is 11.3. The van der Waals surface area contributed by atoms with E-state index < -0.39 is 29.7 Å². The lowest BCUT2D eigenvalue weighted by Crippen LogP contribution is -2.36. The number of carboxylic acids is 1. The first kappa shape index (κ1) is 18.0. The van der Waals surface area contributed by atoms with Crippen molar-refractivity contribution in [3.8, 4) is 0 Å². The first-order valence-corrected chi connectivity index (χ1v) is 7.89. The third-order valence-electron chi connectivity index (χ3n) is 4.91. The van der Waals surface area contributed by atoms with Crippen LogP contribution in [0.3, 0.4) is 0 Å². The van der Waals surface area contributed by atoms with E-state index in [-0.39, 0.29) is 5.92 Å². The highest BCUT2D eigenvalue weighted by molar-refractivity contribution is 5.97. The summed E-state index contributed by atoms with van der Waals surface area (Å²) < 4.78 is 9.79. The Morgan fingerprint density at radius 3 is 1.88 bits per heavy atom. The highest BCUT2D eigenvalue weighted by Crippen LogP contribution is 2.45. The number of carbonyl (C=O) groups excluding carboxylic acids is 2. The number of aliphatic carboxylic acids is 1. The molecule has 7 heteroatoms. The minimum Gasteiger partial charge on any atom is -0.481 e. The highest BCUT2D eigenvalue weighted by Gasteiger charge is 2.44. The number of esters is 2. The zero-order chi connectivity index (χ0) is 18.0. The minimum atomic E-state index is -0.841. The number of rotatable bonds is 4. The number of carboxylic acid groups (broad SMARTS) is 1. The van der Waals surface area contributed by atoms with Crippen LogP contribution in [0.2, 0.25) is 0 Å². The largest absolute Gasteiger partial charge is 0.481 e. The summed E-state index contributed by atoms with van der Waals surface area (Å²) in [7, 11) is 2.58. The number of hydrogen-bond acceptors (Lipinski definition) is 6. The molecule has 0 spiro atoms. The smallest absolute Gasteiger partial charge is 0.336 e. The van der Waals surface area contributed by atoms with Crippen molar-refractivity contribution in [2.75, 3.05) is 14.2 Å². The molecule has 1 heterocycles. The maximum Gasteiger partial charge on any atom is 0.336 e. The van der Waals surface area contributed by atoms with Crippen molar-refractivity contribution < 1.29 is 29.0 Å². The number of methoxy groups -OCH3 is 2. The van der Waals surface area contributed by atoms with Crippen molar-refractivity contribution in [3.05, 3.63) is 22.5 Å². The Morgan fingerprint density at radius 2 is 1.50 bits per heavy atom. The summed E-state index contributed by atoms with van der Waals surface area (Å²) in [6, 6.07) is 0. The van der Waals surface area contributed by atoms with Gasteiger partial charge in [0.15, 0.2) is 0 Å². The second-order valence-corrected chi connectivity index (χ2v) is 6.27. The molecule has 0 amide bonds. The molecule has 0 saturated heterocycles. The van der Waals surface area contributed by atoms with Crippen molar-refractivity contribution in [1.29, 1.82) is 0 Å². The normalized spacial score (nSPS) is 24.7. The summed E-state index contributed by atoms with van der Waals surface area (Å²) in [5.74, 6) is -2.97. The zero-order valence-corrected chi connectivity index (χ0v) is 14.3. The molecule has 0 aromatic carbocycles. The number of allylic oxidation sites excluding steroid dienone is 2. The molecule has 7 nitrogen and oxygen atoms in total. The second-order valence-electron chi connectivity index (χ2n) is 6.27. The molecule has 2 aliphatic rings. The summed E-state index contributed by atoms with van der Waals surface area (Å²) in [6.45, 7) is 3.50. The standard InChI is InChI=1S/C17H23NO6/c1-8-12(16(21)23-3)14(10-5-6-11(7-10)15(19)20)13(9(2)18-8)17(22)24-4/h10-11,14,18H,5-7H2,1-4H3,(H,19,20)/t10-,11+/m0/s1. The van der Waals surface area contributed by atoms with Crippen LogP contribution in [-0.2, 0) is 23.9 Å². The Labute approximate surface area is 140 Å². The van der Waals surface area contributed by atoms with Gasteiger partial charge >= 0.3 is 17.9 Å². The molecule has 0 aromatic heterocycles. The van der Waals surface area contributed by atoms with E-state index in [0.717, 1.165) is 0 Å². The van der Waals surface area contributed by atoms with Gasteiger partial charge in [0, 0.05) is 17.3 Å². The van der Waals surface area contributed by atoms with E-state index in [2.05, 4.69) is 5.32 Å². The van der Waals surface area contributed by atoms with Gasteiger partial charge in [-0.3, -0.25) is 4.79 Å². The van der Waals surface area contributed by atoms with Gasteiger partial charge in [-0.15, -0.1) is 0 Å². The molecule has 24 heavy (non-hydrogen) atoms. The molecule has 2 rings (SSSR count). The molecular formula is C17H23NO6. The average Bonchev–Trinajstić information content (AvgIpc) is 3.02. The number of dihydropyridines is 1. The minimum absolute atomic E-state index is 0.124. The second kappa shape index (κ2) is 7.07. The summed E-state index contributed by atoms with van der Waals surface area (Å²) >= 11 is 0. The van der Waals surface area contributed by atoms with Crippen molar-refractivity contribution >= 4 is 17.9 Å². The van der Waals surface area contributed by atoms with E-state index in [1.807, 2.05) is 0 Å². The van der Waals surface area contributed by atoms with E-state index in [1.165, 1.54) is 14.2 Å². The number of ether oxygens (including phenoxy) is 2. The molecular weight excluding hydrogens is 314 g/mol. The molecule has 0 aromatic rings. The molecule has 0 radical (unpaired) electrons. The Bertz CT molecular complexity index is 595. The number of hydrogen-bond donors (Lipinski definition) is 2. The molecule has 2 N–H and O–H groups in total. The van der Waals surface area contributed by atoms with E-state index in [0.29, 0.717) is 41.8 Å². The fraction of sp³-hybridized carbons (Fsp3) is 0.588. The molecule has 1 aliphatic carbocycles. The van der Waals surface area contributed by atoms with Gasteiger partial charge in [0.25, 0.3) is 0 Å². The van der Waals surface area contributed by atoms with Crippen LogP contribution in [0.1, 0.15) is 33.1 Å².